The highest BCUT2D eigenvalue weighted by molar-refractivity contribution is 5.83. The van der Waals surface area contributed by atoms with Crippen molar-refractivity contribution in [2.75, 3.05) is 24.2 Å². The highest BCUT2D eigenvalue weighted by Crippen LogP contribution is 2.17. The van der Waals surface area contributed by atoms with Crippen LogP contribution in [0.1, 0.15) is 25.7 Å². The minimum Gasteiger partial charge on any atom is -0.399 e. The van der Waals surface area contributed by atoms with E-state index in [1.165, 1.54) is 0 Å². The number of nitrogens with zero attached hydrogens (tertiary/aromatic N) is 1. The number of nitrogens with two attached hydrogens (primary N) is 1. The maximum atomic E-state index is 8.69. The van der Waals surface area contributed by atoms with Crippen molar-refractivity contribution in [3.05, 3.63) is 30.3 Å². The summed E-state index contributed by atoms with van der Waals surface area (Å²) in [6, 6.07) is 9.76. The molecule has 1 heterocycles. The first kappa shape index (κ1) is 13.6. The first-order valence-electron chi connectivity index (χ1n) is 6.80. The van der Waals surface area contributed by atoms with Crippen molar-refractivity contribution in [2.24, 2.45) is 0 Å². The van der Waals surface area contributed by atoms with Crippen LogP contribution in [-0.2, 0) is 0 Å². The van der Waals surface area contributed by atoms with Crippen molar-refractivity contribution >= 4 is 22.4 Å². The van der Waals surface area contributed by atoms with Crippen molar-refractivity contribution in [1.82, 2.24) is 4.98 Å². The van der Waals surface area contributed by atoms with Crippen LogP contribution in [-0.4, -0.2) is 23.2 Å². The molecule has 19 heavy (non-hydrogen) atoms. The summed E-state index contributed by atoms with van der Waals surface area (Å²) in [5.41, 5.74) is 7.46. The van der Waals surface area contributed by atoms with E-state index >= 15 is 0 Å². The molecule has 0 bridgehead atoms. The van der Waals surface area contributed by atoms with Gasteiger partial charge in [-0.2, -0.15) is 0 Å². The molecule has 4 N–H and O–H groups in total. The van der Waals surface area contributed by atoms with Crippen LogP contribution >= 0.6 is 0 Å². The number of rotatable bonds is 7. The van der Waals surface area contributed by atoms with Crippen molar-refractivity contribution in [1.29, 1.82) is 0 Å². The fourth-order valence-electron chi connectivity index (χ4n) is 2.05. The third-order valence-electron chi connectivity index (χ3n) is 3.10. The summed E-state index contributed by atoms with van der Waals surface area (Å²) in [5, 5.41) is 13.1. The lowest BCUT2D eigenvalue weighted by atomic mass is 10.2. The minimum atomic E-state index is 0.294. The van der Waals surface area contributed by atoms with Crippen LogP contribution < -0.4 is 11.1 Å². The van der Waals surface area contributed by atoms with Gasteiger partial charge >= 0.3 is 0 Å². The smallest absolute Gasteiger partial charge is 0.126 e. The Morgan fingerprint density at radius 1 is 1.05 bits per heavy atom. The van der Waals surface area contributed by atoms with Crippen LogP contribution in [0.2, 0.25) is 0 Å². The van der Waals surface area contributed by atoms with Crippen LogP contribution in [0.25, 0.3) is 10.9 Å². The van der Waals surface area contributed by atoms with E-state index in [1.807, 2.05) is 30.3 Å². The lowest BCUT2D eigenvalue weighted by Gasteiger charge is -2.07. The van der Waals surface area contributed by atoms with E-state index < -0.39 is 0 Å². The number of hydrogen-bond acceptors (Lipinski definition) is 4. The second-order valence-corrected chi connectivity index (χ2v) is 4.71. The number of anilines is 2. The molecule has 1 aromatic carbocycles. The molecule has 4 nitrogen and oxygen atoms in total. The van der Waals surface area contributed by atoms with Gasteiger partial charge in [-0.25, -0.2) is 4.98 Å². The van der Waals surface area contributed by atoms with Gasteiger partial charge in [0.25, 0.3) is 0 Å². The first-order chi connectivity index (χ1) is 9.29. The Kier molecular flexibility index (Phi) is 4.98. The quantitative estimate of drug-likeness (QED) is 0.528. The first-order valence-corrected chi connectivity index (χ1v) is 6.80. The van der Waals surface area contributed by atoms with Gasteiger partial charge in [0.1, 0.15) is 5.82 Å². The Morgan fingerprint density at radius 2 is 1.89 bits per heavy atom. The van der Waals surface area contributed by atoms with Crippen molar-refractivity contribution < 1.29 is 5.11 Å². The molecule has 1 aromatic heterocycles. The van der Waals surface area contributed by atoms with Gasteiger partial charge in [-0.15, -0.1) is 0 Å². The molecule has 2 rings (SSSR count). The molecular formula is C15H21N3O. The van der Waals surface area contributed by atoms with Gasteiger partial charge in [0, 0.05) is 24.2 Å². The molecule has 0 amide bonds. The molecule has 2 aromatic rings. The van der Waals surface area contributed by atoms with Gasteiger partial charge in [0.15, 0.2) is 0 Å². The second kappa shape index (κ2) is 6.95. The van der Waals surface area contributed by atoms with Gasteiger partial charge in [0.05, 0.1) is 5.52 Å². The summed E-state index contributed by atoms with van der Waals surface area (Å²) in [5.74, 6) is 0.902. The van der Waals surface area contributed by atoms with Crippen LogP contribution in [0.5, 0.6) is 0 Å². The molecule has 102 valence electrons. The normalized spacial score (nSPS) is 10.8. The van der Waals surface area contributed by atoms with Crippen molar-refractivity contribution in [2.45, 2.75) is 25.7 Å². The Bertz CT molecular complexity index is 528. The minimum absolute atomic E-state index is 0.294. The number of aliphatic hydroxyl groups is 1. The third-order valence-corrected chi connectivity index (χ3v) is 3.10. The summed E-state index contributed by atoms with van der Waals surface area (Å²) in [7, 11) is 0. The second-order valence-electron chi connectivity index (χ2n) is 4.71. The zero-order valence-electron chi connectivity index (χ0n) is 11.1. The van der Waals surface area contributed by atoms with E-state index in [0.29, 0.717) is 6.61 Å². The molecule has 0 atom stereocenters. The molecule has 4 heteroatoms. The molecule has 0 radical (unpaired) electrons. The van der Waals surface area contributed by atoms with Gasteiger partial charge in [0.2, 0.25) is 0 Å². The summed E-state index contributed by atoms with van der Waals surface area (Å²) in [4.78, 5) is 4.54. The number of aromatic nitrogens is 1. The SMILES string of the molecule is Nc1ccc2nc(NCCCCCCO)ccc2c1. The van der Waals surface area contributed by atoms with E-state index in [-0.39, 0.29) is 0 Å². The zero-order valence-corrected chi connectivity index (χ0v) is 11.1. The molecule has 0 aliphatic heterocycles. The predicted octanol–water partition coefficient (Wildman–Crippen LogP) is 2.78. The molecule has 0 aliphatic carbocycles. The standard InChI is InChI=1S/C15H21N3O/c16-13-6-7-14-12(11-13)5-8-15(18-14)17-9-3-1-2-4-10-19/h5-8,11,19H,1-4,9-10,16H2,(H,17,18). The third kappa shape index (κ3) is 4.10. The van der Waals surface area contributed by atoms with Gasteiger partial charge in [-0.3, -0.25) is 0 Å². The maximum Gasteiger partial charge on any atom is 0.126 e. The number of nitrogen functional groups attached to an aromatic ring is 1. The topological polar surface area (TPSA) is 71.2 Å². The average Bonchev–Trinajstić information content (AvgIpc) is 2.43. The number of benzene rings is 1. The van der Waals surface area contributed by atoms with Gasteiger partial charge < -0.3 is 16.2 Å². The number of nitrogens with one attached hydrogen (secondary N) is 1. The number of unbranched alkanes of at least 4 members (excludes halogenated alkanes) is 3. The summed E-state index contributed by atoms with van der Waals surface area (Å²) < 4.78 is 0. The number of hydrogen-bond donors (Lipinski definition) is 3. The fourth-order valence-corrected chi connectivity index (χ4v) is 2.05. The van der Waals surface area contributed by atoms with Crippen molar-refractivity contribution in [3.63, 3.8) is 0 Å². The predicted molar refractivity (Wildman–Crippen MR) is 80.2 cm³/mol. The maximum absolute atomic E-state index is 8.69. The van der Waals surface area contributed by atoms with Gasteiger partial charge in [-0.1, -0.05) is 12.8 Å². The number of fused-ring (bicyclic) bond motifs is 1. The molecule has 0 spiro atoms. The molecular weight excluding hydrogens is 238 g/mol. The Labute approximate surface area is 113 Å². The van der Waals surface area contributed by atoms with E-state index in [1.54, 1.807) is 0 Å². The Hall–Kier alpha value is -1.81. The number of pyridine rings is 1. The lowest BCUT2D eigenvalue weighted by Crippen LogP contribution is -2.03. The Morgan fingerprint density at radius 3 is 2.74 bits per heavy atom. The molecule has 0 unspecified atom stereocenters. The van der Waals surface area contributed by atoms with Gasteiger partial charge in [-0.05, 0) is 43.2 Å². The van der Waals surface area contributed by atoms with Crippen LogP contribution in [0.15, 0.2) is 30.3 Å². The van der Waals surface area contributed by atoms with E-state index in [4.69, 9.17) is 10.8 Å². The lowest BCUT2D eigenvalue weighted by molar-refractivity contribution is 0.283. The molecule has 0 saturated heterocycles. The van der Waals surface area contributed by atoms with Crippen molar-refractivity contribution in [3.8, 4) is 0 Å². The molecule has 0 fully saturated rings. The summed E-state index contributed by atoms with van der Waals surface area (Å²) in [6.45, 7) is 1.21. The summed E-state index contributed by atoms with van der Waals surface area (Å²) in [6.07, 6.45) is 4.22. The largest absolute Gasteiger partial charge is 0.399 e. The monoisotopic (exact) mass is 259 g/mol. The highest BCUT2D eigenvalue weighted by Gasteiger charge is 1.98. The highest BCUT2D eigenvalue weighted by atomic mass is 16.2. The number of aliphatic hydroxyl groups excluding tert-OH is 1. The zero-order chi connectivity index (χ0) is 13.5. The van der Waals surface area contributed by atoms with Crippen LogP contribution in [0, 0.1) is 0 Å². The Balaban J connectivity index is 1.86. The van der Waals surface area contributed by atoms with Crippen LogP contribution in [0.3, 0.4) is 0 Å². The fraction of sp³-hybridized carbons (Fsp3) is 0.400. The average molecular weight is 259 g/mol. The van der Waals surface area contributed by atoms with E-state index in [9.17, 15) is 0 Å². The molecule has 0 aliphatic rings. The summed E-state index contributed by atoms with van der Waals surface area (Å²) >= 11 is 0. The molecule has 0 saturated carbocycles. The van der Waals surface area contributed by atoms with Crippen LogP contribution in [0.4, 0.5) is 11.5 Å². The van der Waals surface area contributed by atoms with E-state index in [2.05, 4.69) is 10.3 Å². The van der Waals surface area contributed by atoms with E-state index in [0.717, 1.165) is 54.6 Å².